The van der Waals surface area contributed by atoms with Gasteiger partial charge < -0.3 is 5.73 Å². The van der Waals surface area contributed by atoms with E-state index >= 15 is 0 Å². The number of nitrogens with two attached hydrogens (primary N) is 1. The van der Waals surface area contributed by atoms with Gasteiger partial charge >= 0.3 is 0 Å². The summed E-state index contributed by atoms with van der Waals surface area (Å²) in [6.07, 6.45) is 2.15. The van der Waals surface area contributed by atoms with Crippen LogP contribution >= 0.6 is 27.3 Å². The lowest BCUT2D eigenvalue weighted by atomic mass is 10.1. The molecule has 0 aliphatic rings. The van der Waals surface area contributed by atoms with E-state index < -0.39 is 11.6 Å². The molecule has 1 heterocycles. The second-order valence-electron chi connectivity index (χ2n) is 4.21. The summed E-state index contributed by atoms with van der Waals surface area (Å²) in [5.74, 6) is -1.14. The van der Waals surface area contributed by atoms with Crippen molar-refractivity contribution in [3.8, 4) is 0 Å². The van der Waals surface area contributed by atoms with Crippen LogP contribution < -0.4 is 5.73 Å². The lowest BCUT2D eigenvalue weighted by Gasteiger charge is -2.05. The third-order valence-corrected chi connectivity index (χ3v) is 4.26. The van der Waals surface area contributed by atoms with E-state index in [9.17, 15) is 8.78 Å². The Labute approximate surface area is 122 Å². The lowest BCUT2D eigenvalue weighted by Crippen LogP contribution is -1.97. The van der Waals surface area contributed by atoms with Gasteiger partial charge in [0, 0.05) is 17.4 Å². The molecule has 6 heteroatoms. The van der Waals surface area contributed by atoms with Crippen molar-refractivity contribution < 1.29 is 8.78 Å². The van der Waals surface area contributed by atoms with Crippen LogP contribution in [0.5, 0.6) is 0 Å². The van der Waals surface area contributed by atoms with E-state index in [1.54, 1.807) is 0 Å². The predicted octanol–water partition coefficient (Wildman–Crippen LogP) is 4.31. The minimum atomic E-state index is -0.598. The van der Waals surface area contributed by atoms with Crippen molar-refractivity contribution in [2.24, 2.45) is 0 Å². The molecule has 0 atom stereocenters. The van der Waals surface area contributed by atoms with Gasteiger partial charge in [-0.3, -0.25) is 0 Å². The molecular weight excluding hydrogens is 334 g/mol. The van der Waals surface area contributed by atoms with Crippen molar-refractivity contribution in [1.82, 2.24) is 4.98 Å². The summed E-state index contributed by atoms with van der Waals surface area (Å²) in [7, 11) is 0. The molecule has 0 aliphatic carbocycles. The van der Waals surface area contributed by atoms with E-state index in [1.807, 2.05) is 6.92 Å². The molecule has 1 aromatic heterocycles. The normalized spacial score (nSPS) is 10.9. The van der Waals surface area contributed by atoms with Gasteiger partial charge in [0.05, 0.1) is 10.2 Å². The molecule has 1 aromatic carbocycles. The number of anilines is 1. The maximum atomic E-state index is 13.7. The summed E-state index contributed by atoms with van der Waals surface area (Å²) >= 11 is 4.43. The SMILES string of the molecule is CCCc1nc(N)sc1Cc1cc(Br)c(F)cc1F. The standard InChI is InChI=1S/C13H13BrF2N2S/c1-2-3-11-12(19-13(17)18-11)5-7-4-8(14)10(16)6-9(7)15/h4,6H,2-3,5H2,1H3,(H2,17,18). The summed E-state index contributed by atoms with van der Waals surface area (Å²) in [6, 6.07) is 2.36. The van der Waals surface area contributed by atoms with Crippen LogP contribution in [-0.2, 0) is 12.8 Å². The molecule has 19 heavy (non-hydrogen) atoms. The molecule has 2 rings (SSSR count). The van der Waals surface area contributed by atoms with Gasteiger partial charge in [0.25, 0.3) is 0 Å². The van der Waals surface area contributed by atoms with Gasteiger partial charge in [-0.25, -0.2) is 13.8 Å². The Kier molecular flexibility index (Phi) is 4.52. The second kappa shape index (κ2) is 5.96. The molecule has 2 N–H and O–H groups in total. The largest absolute Gasteiger partial charge is 0.375 e. The molecule has 0 amide bonds. The number of halogens is 3. The number of hydrogen-bond donors (Lipinski definition) is 1. The van der Waals surface area contributed by atoms with Crippen molar-refractivity contribution in [2.75, 3.05) is 5.73 Å². The highest BCUT2D eigenvalue weighted by Crippen LogP contribution is 2.28. The molecule has 0 unspecified atom stereocenters. The van der Waals surface area contributed by atoms with Crippen LogP contribution in [0.25, 0.3) is 0 Å². The van der Waals surface area contributed by atoms with Crippen LogP contribution in [0, 0.1) is 11.6 Å². The first-order chi connectivity index (χ1) is 9.01. The Morgan fingerprint density at radius 1 is 1.32 bits per heavy atom. The average Bonchev–Trinajstić information content (AvgIpc) is 2.67. The van der Waals surface area contributed by atoms with E-state index in [4.69, 9.17) is 5.73 Å². The average molecular weight is 347 g/mol. The number of aromatic nitrogens is 1. The fraction of sp³-hybridized carbons (Fsp3) is 0.308. The highest BCUT2D eigenvalue weighted by molar-refractivity contribution is 9.10. The third-order valence-electron chi connectivity index (χ3n) is 2.72. The highest BCUT2D eigenvalue weighted by atomic mass is 79.9. The Bertz CT molecular complexity index is 599. The maximum Gasteiger partial charge on any atom is 0.180 e. The van der Waals surface area contributed by atoms with Crippen molar-refractivity contribution in [3.05, 3.63) is 44.4 Å². The topological polar surface area (TPSA) is 38.9 Å². The summed E-state index contributed by atoms with van der Waals surface area (Å²) in [6.45, 7) is 2.05. The Morgan fingerprint density at radius 2 is 2.05 bits per heavy atom. The van der Waals surface area contributed by atoms with Gasteiger partial charge in [-0.2, -0.15) is 0 Å². The minimum absolute atomic E-state index is 0.262. The zero-order valence-electron chi connectivity index (χ0n) is 10.3. The van der Waals surface area contributed by atoms with E-state index in [-0.39, 0.29) is 4.47 Å². The molecule has 0 bridgehead atoms. The Balaban J connectivity index is 2.33. The number of benzene rings is 1. The lowest BCUT2D eigenvalue weighted by molar-refractivity contribution is 0.570. The molecule has 0 saturated carbocycles. The number of nitrogens with zero attached hydrogens (tertiary/aromatic N) is 1. The monoisotopic (exact) mass is 346 g/mol. The van der Waals surface area contributed by atoms with Crippen LogP contribution in [0.1, 0.15) is 29.5 Å². The maximum absolute atomic E-state index is 13.7. The van der Waals surface area contributed by atoms with E-state index in [0.29, 0.717) is 17.1 Å². The number of thiazole rings is 1. The van der Waals surface area contributed by atoms with Crippen LogP contribution in [-0.4, -0.2) is 4.98 Å². The summed E-state index contributed by atoms with van der Waals surface area (Å²) in [5, 5.41) is 0.486. The van der Waals surface area contributed by atoms with Crippen LogP contribution in [0.2, 0.25) is 0 Å². The van der Waals surface area contributed by atoms with Crippen molar-refractivity contribution in [1.29, 1.82) is 0 Å². The Hall–Kier alpha value is -1.01. The fourth-order valence-corrected chi connectivity index (χ4v) is 3.14. The highest BCUT2D eigenvalue weighted by Gasteiger charge is 2.14. The van der Waals surface area contributed by atoms with Gasteiger partial charge in [-0.05, 0) is 34.0 Å². The first-order valence-corrected chi connectivity index (χ1v) is 7.49. The van der Waals surface area contributed by atoms with Gasteiger partial charge in [-0.15, -0.1) is 11.3 Å². The second-order valence-corrected chi connectivity index (χ2v) is 6.18. The predicted molar refractivity (Wildman–Crippen MR) is 77.4 cm³/mol. The fourth-order valence-electron chi connectivity index (χ4n) is 1.85. The number of nitrogen functional groups attached to an aromatic ring is 1. The van der Waals surface area contributed by atoms with Crippen LogP contribution in [0.15, 0.2) is 16.6 Å². The van der Waals surface area contributed by atoms with Crippen LogP contribution in [0.4, 0.5) is 13.9 Å². The smallest absolute Gasteiger partial charge is 0.180 e. The summed E-state index contributed by atoms with van der Waals surface area (Å²) < 4.78 is 27.2. The summed E-state index contributed by atoms with van der Waals surface area (Å²) in [5.41, 5.74) is 7.05. The minimum Gasteiger partial charge on any atom is -0.375 e. The van der Waals surface area contributed by atoms with Gasteiger partial charge in [0.1, 0.15) is 11.6 Å². The molecule has 0 fully saturated rings. The van der Waals surface area contributed by atoms with Gasteiger partial charge in [0.15, 0.2) is 5.13 Å². The van der Waals surface area contributed by atoms with Crippen molar-refractivity contribution in [3.63, 3.8) is 0 Å². The van der Waals surface area contributed by atoms with Crippen molar-refractivity contribution in [2.45, 2.75) is 26.2 Å². The zero-order chi connectivity index (χ0) is 14.0. The number of hydrogen-bond acceptors (Lipinski definition) is 3. The quantitative estimate of drug-likeness (QED) is 0.837. The molecule has 102 valence electrons. The van der Waals surface area contributed by atoms with Gasteiger partial charge in [0.2, 0.25) is 0 Å². The number of rotatable bonds is 4. The Morgan fingerprint density at radius 3 is 2.74 bits per heavy atom. The molecule has 2 nitrogen and oxygen atoms in total. The third kappa shape index (κ3) is 3.30. The van der Waals surface area contributed by atoms with E-state index in [2.05, 4.69) is 20.9 Å². The molecule has 0 aliphatic heterocycles. The zero-order valence-corrected chi connectivity index (χ0v) is 12.7. The first kappa shape index (κ1) is 14.4. The molecular formula is C13H13BrF2N2S. The van der Waals surface area contributed by atoms with Gasteiger partial charge in [-0.1, -0.05) is 13.3 Å². The first-order valence-electron chi connectivity index (χ1n) is 5.88. The van der Waals surface area contributed by atoms with Crippen LogP contribution in [0.3, 0.4) is 0 Å². The molecule has 0 spiro atoms. The van der Waals surface area contributed by atoms with E-state index in [1.165, 1.54) is 17.4 Å². The summed E-state index contributed by atoms with van der Waals surface area (Å²) in [4.78, 5) is 5.20. The molecule has 0 radical (unpaired) electrons. The molecule has 0 saturated heterocycles. The van der Waals surface area contributed by atoms with Crippen molar-refractivity contribution >= 4 is 32.4 Å². The number of aryl methyl sites for hydroxylation is 1. The molecule has 2 aromatic rings. The van der Waals surface area contributed by atoms with E-state index in [0.717, 1.165) is 29.5 Å².